The van der Waals surface area contributed by atoms with E-state index in [-0.39, 0.29) is 0 Å². The molecule has 19 heavy (non-hydrogen) atoms. The SMILES string of the molecule is COC(=O)NC1(C)CCc2ccccc2N1C(=O)O. The summed E-state index contributed by atoms with van der Waals surface area (Å²) in [7, 11) is 1.25. The number of hydrogen-bond acceptors (Lipinski definition) is 3. The highest BCUT2D eigenvalue weighted by Gasteiger charge is 2.42. The first-order chi connectivity index (χ1) is 8.98. The summed E-state index contributed by atoms with van der Waals surface area (Å²) in [4.78, 5) is 24.1. The van der Waals surface area contributed by atoms with Crippen LogP contribution in [-0.2, 0) is 11.2 Å². The van der Waals surface area contributed by atoms with Crippen LogP contribution in [0.5, 0.6) is 0 Å². The highest BCUT2D eigenvalue weighted by atomic mass is 16.5. The molecule has 1 aliphatic heterocycles. The second-order valence-corrected chi connectivity index (χ2v) is 4.64. The molecule has 2 N–H and O–H groups in total. The first-order valence-corrected chi connectivity index (χ1v) is 5.95. The zero-order chi connectivity index (χ0) is 14.0. The van der Waals surface area contributed by atoms with Crippen LogP contribution < -0.4 is 10.2 Å². The number of carboxylic acid groups (broad SMARTS) is 1. The average molecular weight is 264 g/mol. The monoisotopic (exact) mass is 264 g/mol. The lowest BCUT2D eigenvalue weighted by molar-refractivity contribution is 0.149. The fraction of sp³-hybridized carbons (Fsp3) is 0.385. The van der Waals surface area contributed by atoms with Crippen molar-refractivity contribution in [3.63, 3.8) is 0 Å². The van der Waals surface area contributed by atoms with Crippen molar-refractivity contribution in [1.29, 1.82) is 0 Å². The van der Waals surface area contributed by atoms with Crippen LogP contribution in [0, 0.1) is 0 Å². The number of carbonyl (C=O) groups is 2. The Bertz CT molecular complexity index is 517. The molecule has 102 valence electrons. The third kappa shape index (κ3) is 2.33. The van der Waals surface area contributed by atoms with Gasteiger partial charge >= 0.3 is 12.2 Å². The number of fused-ring (bicyclic) bond motifs is 1. The molecule has 0 aromatic heterocycles. The Hall–Kier alpha value is -2.24. The molecule has 0 radical (unpaired) electrons. The van der Waals surface area contributed by atoms with E-state index in [1.807, 2.05) is 12.1 Å². The minimum Gasteiger partial charge on any atom is -0.465 e. The van der Waals surface area contributed by atoms with Crippen molar-refractivity contribution in [3.8, 4) is 0 Å². The van der Waals surface area contributed by atoms with Crippen LogP contribution in [0.3, 0.4) is 0 Å². The average Bonchev–Trinajstić information content (AvgIpc) is 2.37. The Morgan fingerprint density at radius 2 is 2.11 bits per heavy atom. The largest absolute Gasteiger partial charge is 0.465 e. The van der Waals surface area contributed by atoms with E-state index in [0.29, 0.717) is 18.5 Å². The van der Waals surface area contributed by atoms with Crippen LogP contribution in [0.15, 0.2) is 24.3 Å². The number of alkyl carbamates (subject to hydrolysis) is 1. The second-order valence-electron chi connectivity index (χ2n) is 4.64. The number of aryl methyl sites for hydroxylation is 1. The lowest BCUT2D eigenvalue weighted by Crippen LogP contribution is -2.62. The van der Waals surface area contributed by atoms with Gasteiger partial charge in [0.15, 0.2) is 0 Å². The quantitative estimate of drug-likeness (QED) is 0.815. The Labute approximate surface area is 111 Å². The molecule has 0 bridgehead atoms. The number of carbonyl (C=O) groups excluding carboxylic acids is 1. The number of ether oxygens (including phenoxy) is 1. The van der Waals surface area contributed by atoms with Crippen LogP contribution in [0.4, 0.5) is 15.3 Å². The van der Waals surface area contributed by atoms with E-state index >= 15 is 0 Å². The number of anilines is 1. The fourth-order valence-corrected chi connectivity index (χ4v) is 2.40. The molecule has 1 aromatic rings. The van der Waals surface area contributed by atoms with Gasteiger partial charge in [-0.05, 0) is 31.4 Å². The minimum absolute atomic E-state index is 0.491. The van der Waals surface area contributed by atoms with Gasteiger partial charge in [-0.15, -0.1) is 0 Å². The number of rotatable bonds is 1. The first kappa shape index (κ1) is 13.2. The van der Waals surface area contributed by atoms with E-state index in [9.17, 15) is 14.7 Å². The molecular weight excluding hydrogens is 248 g/mol. The van der Waals surface area contributed by atoms with E-state index in [2.05, 4.69) is 10.1 Å². The molecule has 1 atom stereocenters. The maximum atomic E-state index is 11.5. The standard InChI is InChI=1S/C13H16N2O4/c1-13(14-11(16)19-2)8-7-9-5-3-4-6-10(9)15(13)12(17)18/h3-6H,7-8H2,1-2H3,(H,14,16)(H,17,18). The lowest BCUT2D eigenvalue weighted by atomic mass is 9.92. The molecule has 0 spiro atoms. The molecule has 0 aliphatic carbocycles. The van der Waals surface area contributed by atoms with Crippen molar-refractivity contribution in [2.45, 2.75) is 25.4 Å². The molecule has 0 saturated carbocycles. The number of hydrogen-bond donors (Lipinski definition) is 2. The van der Waals surface area contributed by atoms with Crippen LogP contribution in [0.1, 0.15) is 18.9 Å². The molecular formula is C13H16N2O4. The lowest BCUT2D eigenvalue weighted by Gasteiger charge is -2.43. The van der Waals surface area contributed by atoms with Gasteiger partial charge in [0, 0.05) is 0 Å². The third-order valence-corrected chi connectivity index (χ3v) is 3.36. The Kier molecular flexibility index (Phi) is 3.33. The van der Waals surface area contributed by atoms with Gasteiger partial charge in [0.2, 0.25) is 0 Å². The summed E-state index contributed by atoms with van der Waals surface area (Å²) < 4.78 is 4.56. The fourth-order valence-electron chi connectivity index (χ4n) is 2.40. The predicted molar refractivity (Wildman–Crippen MR) is 69.2 cm³/mol. The number of nitrogens with zero attached hydrogens (tertiary/aromatic N) is 1. The van der Waals surface area contributed by atoms with E-state index in [1.165, 1.54) is 12.0 Å². The van der Waals surface area contributed by atoms with Crippen molar-refractivity contribution >= 4 is 17.9 Å². The van der Waals surface area contributed by atoms with Crippen molar-refractivity contribution in [2.24, 2.45) is 0 Å². The number of amides is 2. The normalized spacial score (nSPS) is 21.5. The highest BCUT2D eigenvalue weighted by Crippen LogP contribution is 2.35. The molecule has 2 rings (SSSR count). The minimum atomic E-state index is -1.11. The van der Waals surface area contributed by atoms with Crippen molar-refractivity contribution in [1.82, 2.24) is 5.32 Å². The topological polar surface area (TPSA) is 78.9 Å². The van der Waals surface area contributed by atoms with Crippen LogP contribution in [-0.4, -0.2) is 30.1 Å². The summed E-state index contributed by atoms with van der Waals surface area (Å²) in [5.74, 6) is 0. The summed E-state index contributed by atoms with van der Waals surface area (Å²) in [5.41, 5.74) is 0.544. The van der Waals surface area contributed by atoms with Gasteiger partial charge in [0.05, 0.1) is 12.8 Å². The van der Waals surface area contributed by atoms with Crippen LogP contribution >= 0.6 is 0 Å². The third-order valence-electron chi connectivity index (χ3n) is 3.36. The number of nitrogens with one attached hydrogen (secondary N) is 1. The molecule has 1 aromatic carbocycles. The van der Waals surface area contributed by atoms with Crippen molar-refractivity contribution in [2.75, 3.05) is 12.0 Å². The summed E-state index contributed by atoms with van der Waals surface area (Å²) >= 11 is 0. The molecule has 6 nitrogen and oxygen atoms in total. The van der Waals surface area contributed by atoms with Gasteiger partial charge in [0.25, 0.3) is 0 Å². The van der Waals surface area contributed by atoms with E-state index in [4.69, 9.17) is 0 Å². The molecule has 2 amide bonds. The molecule has 6 heteroatoms. The van der Waals surface area contributed by atoms with Gasteiger partial charge < -0.3 is 9.84 Å². The number of para-hydroxylation sites is 1. The Balaban J connectivity index is 2.42. The van der Waals surface area contributed by atoms with E-state index < -0.39 is 17.8 Å². The van der Waals surface area contributed by atoms with Crippen molar-refractivity contribution < 1.29 is 19.4 Å². The van der Waals surface area contributed by atoms with E-state index in [1.54, 1.807) is 19.1 Å². The molecule has 1 aliphatic rings. The summed E-state index contributed by atoms with van der Waals surface area (Å²) in [6.07, 6.45) is -0.564. The molecule has 0 saturated heterocycles. The smallest absolute Gasteiger partial charge is 0.413 e. The maximum absolute atomic E-state index is 11.5. The number of benzene rings is 1. The first-order valence-electron chi connectivity index (χ1n) is 5.95. The molecule has 1 unspecified atom stereocenters. The summed E-state index contributed by atoms with van der Waals surface area (Å²) in [6, 6.07) is 7.27. The van der Waals surface area contributed by atoms with Gasteiger partial charge in [-0.1, -0.05) is 18.2 Å². The Morgan fingerprint density at radius 1 is 1.42 bits per heavy atom. The zero-order valence-corrected chi connectivity index (χ0v) is 10.8. The van der Waals surface area contributed by atoms with Gasteiger partial charge in [-0.2, -0.15) is 0 Å². The number of methoxy groups -OCH3 is 1. The van der Waals surface area contributed by atoms with Gasteiger partial charge in [-0.25, -0.2) is 9.59 Å². The summed E-state index contributed by atoms with van der Waals surface area (Å²) in [5, 5.41) is 12.0. The second kappa shape index (κ2) is 4.79. The highest BCUT2D eigenvalue weighted by molar-refractivity contribution is 5.90. The predicted octanol–water partition coefficient (Wildman–Crippen LogP) is 2.19. The van der Waals surface area contributed by atoms with Crippen LogP contribution in [0.25, 0.3) is 0 Å². The van der Waals surface area contributed by atoms with E-state index in [0.717, 1.165) is 5.56 Å². The Morgan fingerprint density at radius 3 is 2.74 bits per heavy atom. The molecule has 1 heterocycles. The van der Waals surface area contributed by atoms with Gasteiger partial charge in [-0.3, -0.25) is 10.2 Å². The van der Waals surface area contributed by atoms with Gasteiger partial charge in [0.1, 0.15) is 5.66 Å². The maximum Gasteiger partial charge on any atom is 0.413 e. The molecule has 0 fully saturated rings. The summed E-state index contributed by atoms with van der Waals surface area (Å²) in [6.45, 7) is 1.67. The van der Waals surface area contributed by atoms with Crippen molar-refractivity contribution in [3.05, 3.63) is 29.8 Å². The zero-order valence-electron chi connectivity index (χ0n) is 10.8. The van der Waals surface area contributed by atoms with Crippen LogP contribution in [0.2, 0.25) is 0 Å².